The second-order valence-corrected chi connectivity index (χ2v) is 11.1. The Hall–Kier alpha value is -2.57. The Balaban J connectivity index is 1.31. The molecule has 0 radical (unpaired) electrons. The number of para-hydroxylation sites is 1. The topological polar surface area (TPSA) is 40.5 Å². The van der Waals surface area contributed by atoms with E-state index in [4.69, 9.17) is 9.57 Å². The summed E-state index contributed by atoms with van der Waals surface area (Å²) in [6, 6.07) is 19.7. The molecule has 2 heterocycles. The third-order valence-electron chi connectivity index (χ3n) is 7.03. The Morgan fingerprint density at radius 1 is 0.944 bits per heavy atom. The van der Waals surface area contributed by atoms with Crippen LogP contribution in [0, 0.1) is 0 Å². The van der Waals surface area contributed by atoms with E-state index in [1.165, 1.54) is 25.1 Å². The molecule has 6 heteroatoms. The SMILES string of the molecule is CC1CCCN1CCCOc1ccc(/C(CN2CCN(c3ccccc3)CC2)=N/OC(C)(C)C)cc1. The van der Waals surface area contributed by atoms with Gasteiger partial charge in [0.25, 0.3) is 0 Å². The molecule has 0 saturated carbocycles. The molecule has 2 aliphatic heterocycles. The summed E-state index contributed by atoms with van der Waals surface area (Å²) >= 11 is 0. The first-order valence-corrected chi connectivity index (χ1v) is 13.6. The zero-order valence-corrected chi connectivity index (χ0v) is 22.7. The van der Waals surface area contributed by atoms with Crippen LogP contribution < -0.4 is 9.64 Å². The number of piperazine rings is 1. The van der Waals surface area contributed by atoms with Crippen molar-refractivity contribution in [3.05, 3.63) is 60.2 Å². The van der Waals surface area contributed by atoms with Gasteiger partial charge in [0.05, 0.1) is 6.61 Å². The van der Waals surface area contributed by atoms with Crippen LogP contribution in [-0.4, -0.2) is 79.6 Å². The van der Waals surface area contributed by atoms with E-state index in [0.29, 0.717) is 0 Å². The summed E-state index contributed by atoms with van der Waals surface area (Å²) in [6.07, 6.45) is 3.72. The zero-order chi connectivity index (χ0) is 25.4. The maximum absolute atomic E-state index is 6.04. The number of benzene rings is 2. The largest absolute Gasteiger partial charge is 0.494 e. The number of rotatable bonds is 10. The summed E-state index contributed by atoms with van der Waals surface area (Å²) in [6.45, 7) is 16.3. The molecule has 0 spiro atoms. The first-order chi connectivity index (χ1) is 17.4. The van der Waals surface area contributed by atoms with Gasteiger partial charge in [0.1, 0.15) is 17.1 Å². The van der Waals surface area contributed by atoms with E-state index in [2.05, 4.69) is 81.4 Å². The summed E-state index contributed by atoms with van der Waals surface area (Å²) in [5.74, 6) is 0.917. The second kappa shape index (κ2) is 12.6. The van der Waals surface area contributed by atoms with Gasteiger partial charge in [-0.1, -0.05) is 23.4 Å². The summed E-state index contributed by atoms with van der Waals surface area (Å²) in [5, 5.41) is 4.61. The molecular weight excluding hydrogens is 448 g/mol. The van der Waals surface area contributed by atoms with Crippen molar-refractivity contribution in [3.63, 3.8) is 0 Å². The number of oxime groups is 1. The molecular formula is C30H44N4O2. The Kier molecular flexibility index (Phi) is 9.27. The van der Waals surface area contributed by atoms with E-state index < -0.39 is 0 Å². The van der Waals surface area contributed by atoms with E-state index in [0.717, 1.165) is 75.4 Å². The van der Waals surface area contributed by atoms with Gasteiger partial charge in [-0.05, 0) is 89.9 Å². The molecule has 2 aromatic carbocycles. The van der Waals surface area contributed by atoms with Crippen molar-refractivity contribution in [1.29, 1.82) is 0 Å². The van der Waals surface area contributed by atoms with Crippen molar-refractivity contribution >= 4 is 11.4 Å². The fraction of sp³-hybridized carbons (Fsp3) is 0.567. The Morgan fingerprint density at radius 2 is 1.67 bits per heavy atom. The van der Waals surface area contributed by atoms with E-state index in [1.54, 1.807) is 0 Å². The van der Waals surface area contributed by atoms with Crippen molar-refractivity contribution in [3.8, 4) is 5.75 Å². The minimum absolute atomic E-state index is 0.326. The maximum Gasteiger partial charge on any atom is 0.129 e. The van der Waals surface area contributed by atoms with Crippen LogP contribution >= 0.6 is 0 Å². The molecule has 4 rings (SSSR count). The van der Waals surface area contributed by atoms with Gasteiger partial charge >= 0.3 is 0 Å². The summed E-state index contributed by atoms with van der Waals surface area (Å²) in [4.78, 5) is 13.4. The normalized spacial score (nSPS) is 20.1. The van der Waals surface area contributed by atoms with Gasteiger partial charge in [-0.3, -0.25) is 4.90 Å². The predicted octanol–water partition coefficient (Wildman–Crippen LogP) is 5.28. The Morgan fingerprint density at radius 3 is 2.31 bits per heavy atom. The van der Waals surface area contributed by atoms with Crippen molar-refractivity contribution in [2.75, 3.05) is 57.3 Å². The minimum atomic E-state index is -0.326. The molecule has 2 aromatic rings. The van der Waals surface area contributed by atoms with Gasteiger partial charge < -0.3 is 19.4 Å². The average Bonchev–Trinajstić information content (AvgIpc) is 3.29. The standard InChI is InChI=1S/C30H44N4O2/c1-25-10-8-17-33(25)18-9-23-35-28-15-13-26(14-16-28)29(31-36-30(2,3)4)24-32-19-21-34(22-20-32)27-11-6-5-7-12-27/h5-7,11-16,25H,8-10,17-24H2,1-4H3/b31-29+. The van der Waals surface area contributed by atoms with Crippen molar-refractivity contribution in [1.82, 2.24) is 9.80 Å². The molecule has 2 saturated heterocycles. The van der Waals surface area contributed by atoms with Gasteiger partial charge in [-0.15, -0.1) is 0 Å². The smallest absolute Gasteiger partial charge is 0.129 e. The first-order valence-electron chi connectivity index (χ1n) is 13.6. The van der Waals surface area contributed by atoms with Crippen LogP contribution in [0.4, 0.5) is 5.69 Å². The highest BCUT2D eigenvalue weighted by molar-refractivity contribution is 6.01. The molecule has 2 aliphatic rings. The highest BCUT2D eigenvalue weighted by Crippen LogP contribution is 2.19. The summed E-state index contributed by atoms with van der Waals surface area (Å²) < 4.78 is 6.04. The van der Waals surface area contributed by atoms with Gasteiger partial charge in [0.2, 0.25) is 0 Å². The quantitative estimate of drug-likeness (QED) is 0.256. The van der Waals surface area contributed by atoms with E-state index in [1.807, 2.05) is 20.8 Å². The van der Waals surface area contributed by atoms with Crippen molar-refractivity contribution in [2.24, 2.45) is 5.16 Å². The van der Waals surface area contributed by atoms with Crippen LogP contribution in [0.15, 0.2) is 59.8 Å². The van der Waals surface area contributed by atoms with Gasteiger partial charge in [-0.2, -0.15) is 0 Å². The molecule has 2 fully saturated rings. The van der Waals surface area contributed by atoms with Crippen LogP contribution in [0.1, 0.15) is 52.5 Å². The lowest BCUT2D eigenvalue weighted by Gasteiger charge is -2.36. The van der Waals surface area contributed by atoms with Crippen molar-refractivity contribution in [2.45, 2.75) is 58.6 Å². The lowest BCUT2D eigenvalue weighted by atomic mass is 10.1. The first kappa shape index (κ1) is 26.5. The third-order valence-corrected chi connectivity index (χ3v) is 7.03. The van der Waals surface area contributed by atoms with Crippen LogP contribution in [0.3, 0.4) is 0 Å². The summed E-state index contributed by atoms with van der Waals surface area (Å²) in [5.41, 5.74) is 3.02. The minimum Gasteiger partial charge on any atom is -0.494 e. The fourth-order valence-electron chi connectivity index (χ4n) is 4.91. The zero-order valence-electron chi connectivity index (χ0n) is 22.7. The lowest BCUT2D eigenvalue weighted by molar-refractivity contribution is 0.000406. The van der Waals surface area contributed by atoms with Crippen LogP contribution in [-0.2, 0) is 4.84 Å². The molecule has 36 heavy (non-hydrogen) atoms. The fourth-order valence-corrected chi connectivity index (χ4v) is 4.91. The van der Waals surface area contributed by atoms with E-state index in [-0.39, 0.29) is 5.60 Å². The lowest BCUT2D eigenvalue weighted by Crippen LogP contribution is -2.48. The second-order valence-electron chi connectivity index (χ2n) is 11.1. The highest BCUT2D eigenvalue weighted by Gasteiger charge is 2.21. The Bertz CT molecular complexity index is 947. The van der Waals surface area contributed by atoms with Crippen LogP contribution in [0.5, 0.6) is 5.75 Å². The molecule has 0 aromatic heterocycles. The molecule has 6 nitrogen and oxygen atoms in total. The highest BCUT2D eigenvalue weighted by atomic mass is 16.6. The van der Waals surface area contributed by atoms with Gasteiger partial charge in [0, 0.05) is 56.6 Å². The average molecular weight is 493 g/mol. The molecule has 0 amide bonds. The molecule has 0 aliphatic carbocycles. The monoisotopic (exact) mass is 492 g/mol. The van der Waals surface area contributed by atoms with Gasteiger partial charge in [-0.25, -0.2) is 0 Å². The number of nitrogens with zero attached hydrogens (tertiary/aromatic N) is 4. The molecule has 0 N–H and O–H groups in total. The van der Waals surface area contributed by atoms with Crippen molar-refractivity contribution < 1.29 is 9.57 Å². The number of hydrogen-bond acceptors (Lipinski definition) is 6. The number of anilines is 1. The van der Waals surface area contributed by atoms with Crippen LogP contribution in [0.2, 0.25) is 0 Å². The third kappa shape index (κ3) is 7.97. The number of ether oxygens (including phenoxy) is 1. The van der Waals surface area contributed by atoms with Gasteiger partial charge in [0.15, 0.2) is 0 Å². The number of likely N-dealkylation sites (tertiary alicyclic amines) is 1. The van der Waals surface area contributed by atoms with Crippen LogP contribution in [0.25, 0.3) is 0 Å². The number of hydrogen-bond donors (Lipinski definition) is 0. The molecule has 1 atom stereocenters. The summed E-state index contributed by atoms with van der Waals surface area (Å²) in [7, 11) is 0. The predicted molar refractivity (Wildman–Crippen MR) is 149 cm³/mol. The van der Waals surface area contributed by atoms with E-state index in [9.17, 15) is 0 Å². The maximum atomic E-state index is 6.04. The molecule has 0 bridgehead atoms. The molecule has 196 valence electrons. The van der Waals surface area contributed by atoms with E-state index >= 15 is 0 Å². The molecule has 1 unspecified atom stereocenters. The Labute approximate surface area is 217 Å².